The molecule has 0 bridgehead atoms. The van der Waals surface area contributed by atoms with Crippen molar-refractivity contribution in [2.45, 2.75) is 19.9 Å². The quantitative estimate of drug-likeness (QED) is 0.637. The summed E-state index contributed by atoms with van der Waals surface area (Å²) in [5.41, 5.74) is 1.42. The molecule has 7 nitrogen and oxygen atoms in total. The summed E-state index contributed by atoms with van der Waals surface area (Å²) in [6, 6.07) is 4.93. The first-order chi connectivity index (χ1) is 8.58. The SMILES string of the molecule is Cc1ccc(NC(C)c2ncn[nH]2)cc1[N+](=O)[O-]. The zero-order valence-corrected chi connectivity index (χ0v) is 10.0. The molecule has 94 valence electrons. The van der Waals surface area contributed by atoms with Gasteiger partial charge in [-0.05, 0) is 19.9 Å². The zero-order valence-electron chi connectivity index (χ0n) is 10.0. The van der Waals surface area contributed by atoms with Gasteiger partial charge in [0.2, 0.25) is 0 Å². The van der Waals surface area contributed by atoms with Gasteiger partial charge in [-0.2, -0.15) is 5.10 Å². The van der Waals surface area contributed by atoms with Gasteiger partial charge in [0.05, 0.1) is 11.0 Å². The summed E-state index contributed by atoms with van der Waals surface area (Å²) in [6.07, 6.45) is 1.42. The van der Waals surface area contributed by atoms with E-state index < -0.39 is 0 Å². The second-order valence-electron chi connectivity index (χ2n) is 4.00. The largest absolute Gasteiger partial charge is 0.375 e. The number of aromatic amines is 1. The van der Waals surface area contributed by atoms with Crippen LogP contribution in [0.4, 0.5) is 11.4 Å². The van der Waals surface area contributed by atoms with E-state index in [0.29, 0.717) is 17.1 Å². The predicted octanol–water partition coefficient (Wildman–Crippen LogP) is 2.19. The average Bonchev–Trinajstić information content (AvgIpc) is 2.85. The number of hydrogen-bond acceptors (Lipinski definition) is 5. The van der Waals surface area contributed by atoms with E-state index in [1.807, 2.05) is 6.92 Å². The molecule has 0 aliphatic carbocycles. The fraction of sp³-hybridized carbons (Fsp3) is 0.273. The van der Waals surface area contributed by atoms with Crippen LogP contribution < -0.4 is 5.32 Å². The van der Waals surface area contributed by atoms with Crippen LogP contribution >= 0.6 is 0 Å². The number of hydrogen-bond donors (Lipinski definition) is 2. The van der Waals surface area contributed by atoms with Gasteiger partial charge in [0.15, 0.2) is 0 Å². The van der Waals surface area contributed by atoms with E-state index in [1.54, 1.807) is 19.1 Å². The molecule has 0 fully saturated rings. The summed E-state index contributed by atoms with van der Waals surface area (Å²) in [7, 11) is 0. The van der Waals surface area contributed by atoms with E-state index >= 15 is 0 Å². The number of aromatic nitrogens is 3. The molecular formula is C11H13N5O2. The van der Waals surface area contributed by atoms with Gasteiger partial charge in [-0.25, -0.2) is 4.98 Å². The highest BCUT2D eigenvalue weighted by molar-refractivity contribution is 5.55. The second kappa shape index (κ2) is 4.82. The van der Waals surface area contributed by atoms with Crippen LogP contribution in [0.1, 0.15) is 24.4 Å². The van der Waals surface area contributed by atoms with Crippen molar-refractivity contribution in [3.05, 3.63) is 46.0 Å². The highest BCUT2D eigenvalue weighted by Crippen LogP contribution is 2.24. The summed E-state index contributed by atoms with van der Waals surface area (Å²) >= 11 is 0. The van der Waals surface area contributed by atoms with Crippen LogP contribution in [-0.4, -0.2) is 20.1 Å². The number of nitro groups is 1. The van der Waals surface area contributed by atoms with Crippen molar-refractivity contribution in [1.82, 2.24) is 15.2 Å². The molecule has 0 aliphatic heterocycles. The van der Waals surface area contributed by atoms with E-state index in [9.17, 15) is 10.1 Å². The van der Waals surface area contributed by atoms with Gasteiger partial charge in [-0.3, -0.25) is 15.2 Å². The Hall–Kier alpha value is -2.44. The van der Waals surface area contributed by atoms with Gasteiger partial charge in [0.1, 0.15) is 12.2 Å². The Labute approximate surface area is 103 Å². The minimum absolute atomic E-state index is 0.102. The first-order valence-electron chi connectivity index (χ1n) is 5.45. The first-order valence-corrected chi connectivity index (χ1v) is 5.45. The summed E-state index contributed by atoms with van der Waals surface area (Å²) < 4.78 is 0. The van der Waals surface area contributed by atoms with Crippen LogP contribution in [0.2, 0.25) is 0 Å². The Morgan fingerprint density at radius 3 is 2.89 bits per heavy atom. The lowest BCUT2D eigenvalue weighted by Crippen LogP contribution is -2.08. The molecule has 0 radical (unpaired) electrons. The van der Waals surface area contributed by atoms with Gasteiger partial charge in [0, 0.05) is 17.3 Å². The first kappa shape index (κ1) is 12.0. The number of rotatable bonds is 4. The Balaban J connectivity index is 2.20. The molecule has 1 aromatic heterocycles. The van der Waals surface area contributed by atoms with E-state index in [1.165, 1.54) is 12.4 Å². The maximum absolute atomic E-state index is 10.8. The molecule has 0 spiro atoms. The summed E-state index contributed by atoms with van der Waals surface area (Å²) in [6.45, 7) is 3.61. The number of nitrogens with one attached hydrogen (secondary N) is 2. The molecular weight excluding hydrogens is 234 g/mol. The molecule has 0 saturated heterocycles. The molecule has 1 heterocycles. The van der Waals surface area contributed by atoms with Crippen LogP contribution in [0.25, 0.3) is 0 Å². The number of aryl methyl sites for hydroxylation is 1. The molecule has 7 heteroatoms. The topological polar surface area (TPSA) is 96.7 Å². The minimum Gasteiger partial charge on any atom is -0.375 e. The molecule has 0 aliphatic rings. The normalized spacial score (nSPS) is 12.1. The molecule has 18 heavy (non-hydrogen) atoms. The smallest absolute Gasteiger partial charge is 0.274 e. The average molecular weight is 247 g/mol. The van der Waals surface area contributed by atoms with Crippen molar-refractivity contribution in [3.8, 4) is 0 Å². The lowest BCUT2D eigenvalue weighted by atomic mass is 10.1. The van der Waals surface area contributed by atoms with Gasteiger partial charge in [-0.15, -0.1) is 0 Å². The van der Waals surface area contributed by atoms with E-state index in [2.05, 4.69) is 20.5 Å². The number of nitrogens with zero attached hydrogens (tertiary/aromatic N) is 3. The molecule has 2 rings (SSSR count). The van der Waals surface area contributed by atoms with Crippen LogP contribution in [-0.2, 0) is 0 Å². The van der Waals surface area contributed by atoms with Crippen molar-refractivity contribution in [3.63, 3.8) is 0 Å². The number of H-pyrrole nitrogens is 1. The van der Waals surface area contributed by atoms with Gasteiger partial charge >= 0.3 is 0 Å². The van der Waals surface area contributed by atoms with Crippen molar-refractivity contribution in [2.75, 3.05) is 5.32 Å². The van der Waals surface area contributed by atoms with Gasteiger partial charge < -0.3 is 5.32 Å². The van der Waals surface area contributed by atoms with Gasteiger partial charge in [-0.1, -0.05) is 6.07 Å². The highest BCUT2D eigenvalue weighted by Gasteiger charge is 2.13. The van der Waals surface area contributed by atoms with E-state index in [4.69, 9.17) is 0 Å². The van der Waals surface area contributed by atoms with E-state index in [0.717, 1.165) is 0 Å². The van der Waals surface area contributed by atoms with Crippen molar-refractivity contribution >= 4 is 11.4 Å². The molecule has 2 N–H and O–H groups in total. The Kier molecular flexibility index (Phi) is 3.22. The summed E-state index contributed by atoms with van der Waals surface area (Å²) in [4.78, 5) is 14.5. The molecule has 1 unspecified atom stereocenters. The number of benzene rings is 1. The van der Waals surface area contributed by atoms with Crippen LogP contribution in [0, 0.1) is 17.0 Å². The Morgan fingerprint density at radius 2 is 2.28 bits per heavy atom. The molecule has 0 amide bonds. The lowest BCUT2D eigenvalue weighted by Gasteiger charge is -2.12. The molecule has 2 aromatic rings. The minimum atomic E-state index is -0.389. The van der Waals surface area contributed by atoms with Crippen molar-refractivity contribution in [1.29, 1.82) is 0 Å². The summed E-state index contributed by atoms with van der Waals surface area (Å²) in [5.74, 6) is 0.679. The maximum Gasteiger partial charge on any atom is 0.274 e. The molecule has 1 atom stereocenters. The zero-order chi connectivity index (χ0) is 13.1. The Bertz CT molecular complexity index is 553. The van der Waals surface area contributed by atoms with Crippen LogP contribution in [0.15, 0.2) is 24.5 Å². The third-order valence-electron chi connectivity index (χ3n) is 2.63. The summed E-state index contributed by atoms with van der Waals surface area (Å²) in [5, 5.41) is 20.5. The second-order valence-corrected chi connectivity index (χ2v) is 4.00. The maximum atomic E-state index is 10.8. The highest BCUT2D eigenvalue weighted by atomic mass is 16.6. The molecule has 0 saturated carbocycles. The third kappa shape index (κ3) is 2.45. The predicted molar refractivity (Wildman–Crippen MR) is 66.3 cm³/mol. The standard InChI is InChI=1S/C11H13N5O2/c1-7-3-4-9(5-10(7)16(17)18)14-8(2)11-12-6-13-15-11/h3-6,8,14H,1-2H3,(H,12,13,15). The van der Waals surface area contributed by atoms with Gasteiger partial charge in [0.25, 0.3) is 5.69 Å². The molecule has 1 aromatic carbocycles. The fourth-order valence-electron chi connectivity index (χ4n) is 1.64. The number of nitro benzene ring substituents is 1. The Morgan fingerprint density at radius 1 is 1.50 bits per heavy atom. The van der Waals surface area contributed by atoms with Crippen molar-refractivity contribution in [2.24, 2.45) is 0 Å². The third-order valence-corrected chi connectivity index (χ3v) is 2.63. The van der Waals surface area contributed by atoms with E-state index in [-0.39, 0.29) is 16.7 Å². The van der Waals surface area contributed by atoms with Crippen LogP contribution in [0.3, 0.4) is 0 Å². The monoisotopic (exact) mass is 247 g/mol. The number of anilines is 1. The van der Waals surface area contributed by atoms with Crippen LogP contribution in [0.5, 0.6) is 0 Å². The fourth-order valence-corrected chi connectivity index (χ4v) is 1.64. The lowest BCUT2D eigenvalue weighted by molar-refractivity contribution is -0.385. The van der Waals surface area contributed by atoms with Crippen molar-refractivity contribution < 1.29 is 4.92 Å².